The fraction of sp³-hybridized carbons (Fsp3) is 0.200. The monoisotopic (exact) mass is 341 g/mol. The van der Waals surface area contributed by atoms with Crippen LogP contribution in [-0.2, 0) is 6.42 Å². The molecule has 3 rings (SSSR count). The Balaban J connectivity index is 1.56. The first-order valence-corrected chi connectivity index (χ1v) is 8.37. The van der Waals surface area contributed by atoms with Crippen molar-refractivity contribution in [2.75, 3.05) is 19.8 Å². The quantitative estimate of drug-likeness (QED) is 0.645. The number of nitrogens with two attached hydrogens (primary N) is 1. The summed E-state index contributed by atoms with van der Waals surface area (Å²) in [6.07, 6.45) is 0.738. The molecule has 0 spiro atoms. The average Bonchev–Trinajstić information content (AvgIpc) is 2.60. The van der Waals surface area contributed by atoms with Gasteiger partial charge in [0.2, 0.25) is 0 Å². The summed E-state index contributed by atoms with van der Waals surface area (Å²) in [7, 11) is 0. The molecule has 124 valence electrons. The maximum Gasteiger partial charge on any atom is 0.122 e. The minimum Gasteiger partial charge on any atom is -0.490 e. The summed E-state index contributed by atoms with van der Waals surface area (Å²) in [6.45, 7) is 1.50. The summed E-state index contributed by atoms with van der Waals surface area (Å²) in [5.74, 6) is 1.66. The van der Waals surface area contributed by atoms with E-state index in [0.717, 1.165) is 23.5 Å². The molecule has 3 aromatic rings. The molecule has 0 saturated carbocycles. The molecule has 0 atom stereocenters. The molecular weight excluding hydrogens is 322 g/mol. The van der Waals surface area contributed by atoms with Crippen LogP contribution in [0.25, 0.3) is 10.8 Å². The predicted octanol–water partition coefficient (Wildman–Crippen LogP) is 4.45. The van der Waals surface area contributed by atoms with E-state index in [1.54, 1.807) is 0 Å². The summed E-state index contributed by atoms with van der Waals surface area (Å²) in [5.41, 5.74) is 6.66. The highest BCUT2D eigenvalue weighted by Gasteiger charge is 2.05. The lowest BCUT2D eigenvalue weighted by Crippen LogP contribution is -2.11. The number of rotatable bonds is 7. The molecule has 0 heterocycles. The fourth-order valence-electron chi connectivity index (χ4n) is 2.61. The standard InChI is InChI=1S/C20H20ClNO2/c21-18-6-8-20(17(13-18)9-10-22)24-12-11-23-19-7-5-15-3-1-2-4-16(15)14-19/h1-8,13-14H,9-12,22H2. The zero-order chi connectivity index (χ0) is 16.8. The molecule has 0 unspecified atom stereocenters. The number of hydrogen-bond acceptors (Lipinski definition) is 3. The minimum absolute atomic E-state index is 0.464. The van der Waals surface area contributed by atoms with Gasteiger partial charge in [0.1, 0.15) is 24.7 Å². The van der Waals surface area contributed by atoms with Gasteiger partial charge in [-0.1, -0.05) is 41.9 Å². The molecule has 2 N–H and O–H groups in total. The molecule has 0 aliphatic heterocycles. The molecule has 3 nitrogen and oxygen atoms in total. The molecule has 0 radical (unpaired) electrons. The smallest absolute Gasteiger partial charge is 0.122 e. The van der Waals surface area contributed by atoms with Gasteiger partial charge in [-0.2, -0.15) is 0 Å². The second-order valence-corrected chi connectivity index (χ2v) is 5.93. The second-order valence-electron chi connectivity index (χ2n) is 5.50. The maximum absolute atomic E-state index is 6.02. The van der Waals surface area contributed by atoms with Gasteiger partial charge in [-0.3, -0.25) is 0 Å². The molecular formula is C20H20ClNO2. The summed E-state index contributed by atoms with van der Waals surface area (Å²) < 4.78 is 11.6. The van der Waals surface area contributed by atoms with Gasteiger partial charge < -0.3 is 15.2 Å². The Kier molecular flexibility index (Phi) is 5.57. The second kappa shape index (κ2) is 8.04. The van der Waals surface area contributed by atoms with E-state index in [9.17, 15) is 0 Å². The fourth-order valence-corrected chi connectivity index (χ4v) is 2.80. The van der Waals surface area contributed by atoms with Gasteiger partial charge in [0.15, 0.2) is 0 Å². The van der Waals surface area contributed by atoms with Crippen molar-refractivity contribution in [3.8, 4) is 11.5 Å². The van der Waals surface area contributed by atoms with E-state index in [0.29, 0.717) is 24.8 Å². The Hall–Kier alpha value is -2.23. The van der Waals surface area contributed by atoms with Gasteiger partial charge in [-0.25, -0.2) is 0 Å². The number of ether oxygens (including phenoxy) is 2. The van der Waals surface area contributed by atoms with Gasteiger partial charge >= 0.3 is 0 Å². The van der Waals surface area contributed by atoms with Crippen LogP contribution in [-0.4, -0.2) is 19.8 Å². The average molecular weight is 342 g/mol. The maximum atomic E-state index is 6.02. The van der Waals surface area contributed by atoms with Crippen LogP contribution in [0, 0.1) is 0 Å². The first-order chi connectivity index (χ1) is 11.8. The molecule has 0 aromatic heterocycles. The normalized spacial score (nSPS) is 10.8. The van der Waals surface area contributed by atoms with Crippen molar-refractivity contribution in [2.24, 2.45) is 5.73 Å². The number of halogens is 1. The van der Waals surface area contributed by atoms with Crippen molar-refractivity contribution < 1.29 is 9.47 Å². The Bertz CT molecular complexity index is 820. The molecule has 3 aromatic carbocycles. The van der Waals surface area contributed by atoms with Gasteiger partial charge in [0.05, 0.1) is 0 Å². The van der Waals surface area contributed by atoms with Crippen LogP contribution in [0.5, 0.6) is 11.5 Å². The number of benzene rings is 3. The van der Waals surface area contributed by atoms with Gasteiger partial charge in [-0.15, -0.1) is 0 Å². The minimum atomic E-state index is 0.464. The summed E-state index contributed by atoms with van der Waals surface area (Å²) >= 11 is 6.02. The third-order valence-corrected chi connectivity index (χ3v) is 4.00. The Labute approximate surface area is 147 Å². The summed E-state index contributed by atoms with van der Waals surface area (Å²) in [4.78, 5) is 0. The van der Waals surface area contributed by atoms with Crippen molar-refractivity contribution in [1.82, 2.24) is 0 Å². The highest BCUT2D eigenvalue weighted by atomic mass is 35.5. The van der Waals surface area contributed by atoms with Crippen molar-refractivity contribution >= 4 is 22.4 Å². The van der Waals surface area contributed by atoms with E-state index in [4.69, 9.17) is 26.8 Å². The van der Waals surface area contributed by atoms with Crippen molar-refractivity contribution in [3.63, 3.8) is 0 Å². The Morgan fingerprint density at radius 3 is 2.46 bits per heavy atom. The molecule has 0 amide bonds. The lowest BCUT2D eigenvalue weighted by atomic mass is 10.1. The van der Waals surface area contributed by atoms with Crippen LogP contribution >= 0.6 is 11.6 Å². The number of fused-ring (bicyclic) bond motifs is 1. The highest BCUT2D eigenvalue weighted by molar-refractivity contribution is 6.30. The summed E-state index contributed by atoms with van der Waals surface area (Å²) in [5, 5.41) is 3.06. The highest BCUT2D eigenvalue weighted by Crippen LogP contribution is 2.24. The molecule has 0 bridgehead atoms. The van der Waals surface area contributed by atoms with Gasteiger partial charge in [-0.05, 0) is 59.6 Å². The third-order valence-electron chi connectivity index (χ3n) is 3.77. The first kappa shape index (κ1) is 16.6. The van der Waals surface area contributed by atoms with E-state index < -0.39 is 0 Å². The topological polar surface area (TPSA) is 44.5 Å². The van der Waals surface area contributed by atoms with Crippen LogP contribution in [0.15, 0.2) is 60.7 Å². The van der Waals surface area contributed by atoms with Crippen LogP contribution < -0.4 is 15.2 Å². The zero-order valence-electron chi connectivity index (χ0n) is 13.4. The molecule has 0 saturated heterocycles. The van der Waals surface area contributed by atoms with Gasteiger partial charge in [0, 0.05) is 5.02 Å². The van der Waals surface area contributed by atoms with Gasteiger partial charge in [0.25, 0.3) is 0 Å². The predicted molar refractivity (Wildman–Crippen MR) is 99.1 cm³/mol. The zero-order valence-corrected chi connectivity index (χ0v) is 14.1. The van der Waals surface area contributed by atoms with Crippen molar-refractivity contribution in [1.29, 1.82) is 0 Å². The molecule has 0 aliphatic carbocycles. The lowest BCUT2D eigenvalue weighted by Gasteiger charge is -2.12. The largest absolute Gasteiger partial charge is 0.490 e. The first-order valence-electron chi connectivity index (χ1n) is 7.99. The molecule has 0 fully saturated rings. The van der Waals surface area contributed by atoms with Crippen molar-refractivity contribution in [3.05, 3.63) is 71.2 Å². The molecule has 0 aliphatic rings. The Morgan fingerprint density at radius 2 is 1.62 bits per heavy atom. The third kappa shape index (κ3) is 4.19. The Morgan fingerprint density at radius 1 is 0.833 bits per heavy atom. The van der Waals surface area contributed by atoms with E-state index in [1.807, 2.05) is 42.5 Å². The lowest BCUT2D eigenvalue weighted by molar-refractivity contribution is 0.216. The van der Waals surface area contributed by atoms with Crippen LogP contribution in [0.4, 0.5) is 0 Å². The van der Waals surface area contributed by atoms with E-state index >= 15 is 0 Å². The van der Waals surface area contributed by atoms with E-state index in [1.165, 1.54) is 10.8 Å². The number of hydrogen-bond donors (Lipinski definition) is 1. The molecule has 24 heavy (non-hydrogen) atoms. The SMILES string of the molecule is NCCc1cc(Cl)ccc1OCCOc1ccc2ccccc2c1. The van der Waals surface area contributed by atoms with Crippen LogP contribution in [0.2, 0.25) is 5.02 Å². The van der Waals surface area contributed by atoms with Crippen LogP contribution in [0.3, 0.4) is 0 Å². The van der Waals surface area contributed by atoms with Crippen LogP contribution in [0.1, 0.15) is 5.56 Å². The van der Waals surface area contributed by atoms with E-state index in [2.05, 4.69) is 18.2 Å². The molecule has 4 heteroatoms. The van der Waals surface area contributed by atoms with E-state index in [-0.39, 0.29) is 0 Å². The van der Waals surface area contributed by atoms with Crippen molar-refractivity contribution in [2.45, 2.75) is 6.42 Å². The summed E-state index contributed by atoms with van der Waals surface area (Å²) in [6, 6.07) is 19.9.